The minimum Gasteiger partial charge on any atom is -0.390 e. The largest absolute Gasteiger partial charge is 0.390 e. The van der Waals surface area contributed by atoms with Crippen molar-refractivity contribution in [2.24, 2.45) is 5.41 Å². The molecule has 1 aliphatic heterocycles. The molecule has 0 aromatic heterocycles. The van der Waals surface area contributed by atoms with E-state index in [1.807, 2.05) is 11.9 Å². The molecule has 0 radical (unpaired) electrons. The molecule has 0 aliphatic carbocycles. The van der Waals surface area contributed by atoms with E-state index in [0.717, 1.165) is 0 Å². The third-order valence-electron chi connectivity index (χ3n) is 3.68. The average Bonchev–Trinajstić information content (AvgIpc) is 2.35. The van der Waals surface area contributed by atoms with Crippen molar-refractivity contribution in [2.75, 3.05) is 18.6 Å². The fraction of sp³-hybridized carbons (Fsp3) is 1.00. The second-order valence-electron chi connectivity index (χ2n) is 5.92. The highest BCUT2D eigenvalue weighted by atomic mass is 32.2. The van der Waals surface area contributed by atoms with Gasteiger partial charge in [-0.15, -0.1) is 0 Å². The van der Waals surface area contributed by atoms with Gasteiger partial charge in [0.1, 0.15) is 0 Å². The van der Waals surface area contributed by atoms with Gasteiger partial charge in [-0.25, -0.2) is 8.42 Å². The molecule has 0 aromatic carbocycles. The number of hydrogen-bond acceptors (Lipinski definition) is 4. The average molecular weight is 249 g/mol. The first-order chi connectivity index (χ1) is 7.04. The zero-order valence-electron chi connectivity index (χ0n) is 10.8. The van der Waals surface area contributed by atoms with Crippen molar-refractivity contribution in [1.82, 2.24) is 4.90 Å². The minimum atomic E-state index is -3.06. The highest BCUT2D eigenvalue weighted by Gasteiger charge is 2.41. The Morgan fingerprint density at radius 2 is 1.81 bits per heavy atom. The van der Waals surface area contributed by atoms with Crippen molar-refractivity contribution in [1.29, 1.82) is 0 Å². The van der Waals surface area contributed by atoms with Gasteiger partial charge in [-0.3, -0.25) is 4.90 Å². The number of sulfone groups is 1. The molecule has 1 fully saturated rings. The predicted molar refractivity (Wildman–Crippen MR) is 65.1 cm³/mol. The molecule has 1 heterocycles. The van der Waals surface area contributed by atoms with Crippen LogP contribution in [0.2, 0.25) is 0 Å². The Kier molecular flexibility index (Phi) is 3.72. The molecule has 3 atom stereocenters. The van der Waals surface area contributed by atoms with Crippen LogP contribution in [0.3, 0.4) is 0 Å². The lowest BCUT2D eigenvalue weighted by molar-refractivity contribution is 0.0416. The van der Waals surface area contributed by atoms with Gasteiger partial charge < -0.3 is 5.11 Å². The van der Waals surface area contributed by atoms with Gasteiger partial charge in [0.05, 0.1) is 23.7 Å². The van der Waals surface area contributed by atoms with Gasteiger partial charge >= 0.3 is 0 Å². The van der Waals surface area contributed by atoms with Gasteiger partial charge in [0, 0.05) is 6.04 Å². The third-order valence-corrected chi connectivity index (χ3v) is 5.38. The van der Waals surface area contributed by atoms with Crippen LogP contribution in [0, 0.1) is 5.41 Å². The lowest BCUT2D eigenvalue weighted by Gasteiger charge is -2.39. The zero-order valence-corrected chi connectivity index (χ0v) is 11.6. The molecular weight excluding hydrogens is 226 g/mol. The van der Waals surface area contributed by atoms with Crippen molar-refractivity contribution in [3.63, 3.8) is 0 Å². The lowest BCUT2D eigenvalue weighted by atomic mass is 9.86. The number of hydrogen-bond donors (Lipinski definition) is 1. The molecule has 1 saturated heterocycles. The predicted octanol–water partition coefficient (Wildman–Crippen LogP) is 0.511. The van der Waals surface area contributed by atoms with Crippen LogP contribution in [0.25, 0.3) is 0 Å². The molecular formula is C11H23NO3S. The van der Waals surface area contributed by atoms with E-state index in [1.54, 1.807) is 0 Å². The van der Waals surface area contributed by atoms with Crippen LogP contribution in [0.4, 0.5) is 0 Å². The highest BCUT2D eigenvalue weighted by molar-refractivity contribution is 7.91. The lowest BCUT2D eigenvalue weighted by Crippen LogP contribution is -2.49. The van der Waals surface area contributed by atoms with E-state index in [0.29, 0.717) is 0 Å². The molecule has 4 nitrogen and oxygen atoms in total. The van der Waals surface area contributed by atoms with Gasteiger partial charge in [-0.1, -0.05) is 20.8 Å². The number of likely N-dealkylation sites (N-methyl/N-ethyl adjacent to an activating group) is 1. The molecule has 3 unspecified atom stereocenters. The van der Waals surface area contributed by atoms with Crippen LogP contribution in [0.15, 0.2) is 0 Å². The van der Waals surface area contributed by atoms with E-state index < -0.39 is 15.9 Å². The number of nitrogens with zero attached hydrogens (tertiary/aromatic N) is 1. The van der Waals surface area contributed by atoms with Crippen LogP contribution >= 0.6 is 0 Å². The summed E-state index contributed by atoms with van der Waals surface area (Å²) in [5, 5.41) is 9.79. The zero-order chi connectivity index (χ0) is 12.7. The molecule has 1 N–H and O–H groups in total. The van der Waals surface area contributed by atoms with Gasteiger partial charge in [0.2, 0.25) is 0 Å². The van der Waals surface area contributed by atoms with Crippen molar-refractivity contribution in [2.45, 2.75) is 45.9 Å². The molecule has 1 rings (SSSR count). The van der Waals surface area contributed by atoms with Gasteiger partial charge in [0.15, 0.2) is 9.84 Å². The first-order valence-corrected chi connectivity index (χ1v) is 7.47. The summed E-state index contributed by atoms with van der Waals surface area (Å²) in [5.41, 5.74) is 0.0703. The second kappa shape index (κ2) is 4.27. The smallest absolute Gasteiger partial charge is 0.154 e. The quantitative estimate of drug-likeness (QED) is 0.775. The summed E-state index contributed by atoms with van der Waals surface area (Å²) >= 11 is 0. The van der Waals surface area contributed by atoms with Crippen LogP contribution < -0.4 is 0 Å². The van der Waals surface area contributed by atoms with E-state index >= 15 is 0 Å². The van der Waals surface area contributed by atoms with Gasteiger partial charge in [-0.2, -0.15) is 0 Å². The fourth-order valence-electron chi connectivity index (χ4n) is 2.10. The van der Waals surface area contributed by atoms with E-state index in [-0.39, 0.29) is 29.0 Å². The maximum atomic E-state index is 11.4. The van der Waals surface area contributed by atoms with Crippen molar-refractivity contribution >= 4 is 9.84 Å². The molecule has 0 amide bonds. The Labute approximate surface area is 98.6 Å². The first-order valence-electron chi connectivity index (χ1n) is 5.65. The Morgan fingerprint density at radius 1 is 1.31 bits per heavy atom. The SMILES string of the molecule is CC(N(C)C1CS(=O)(=O)CC1O)C(C)(C)C. The summed E-state index contributed by atoms with van der Waals surface area (Å²) < 4.78 is 22.9. The standard InChI is InChI=1S/C11H23NO3S/c1-8(11(2,3)4)12(5)9-6-16(14,15)7-10(9)13/h8-10,13H,6-7H2,1-5H3. The molecule has 0 aromatic rings. The summed E-state index contributed by atoms with van der Waals surface area (Å²) in [6.07, 6.45) is -0.750. The summed E-state index contributed by atoms with van der Waals surface area (Å²) in [6.45, 7) is 8.41. The van der Waals surface area contributed by atoms with Gasteiger partial charge in [0.25, 0.3) is 0 Å². The molecule has 0 spiro atoms. The number of aliphatic hydroxyl groups is 1. The summed E-state index contributed by atoms with van der Waals surface area (Å²) in [7, 11) is -1.17. The van der Waals surface area contributed by atoms with E-state index in [2.05, 4.69) is 27.7 Å². The monoisotopic (exact) mass is 249 g/mol. The van der Waals surface area contributed by atoms with Crippen molar-refractivity contribution in [3.8, 4) is 0 Å². The van der Waals surface area contributed by atoms with Gasteiger partial charge in [-0.05, 0) is 19.4 Å². The van der Waals surface area contributed by atoms with Crippen LogP contribution in [-0.2, 0) is 9.84 Å². The van der Waals surface area contributed by atoms with E-state index in [4.69, 9.17) is 0 Å². The van der Waals surface area contributed by atoms with E-state index in [1.165, 1.54) is 0 Å². The summed E-state index contributed by atoms with van der Waals surface area (Å²) in [4.78, 5) is 2.00. The number of rotatable bonds is 2. The van der Waals surface area contributed by atoms with E-state index in [9.17, 15) is 13.5 Å². The van der Waals surface area contributed by atoms with Crippen molar-refractivity contribution in [3.05, 3.63) is 0 Å². The Bertz CT molecular complexity index is 345. The Balaban J connectivity index is 2.80. The summed E-state index contributed by atoms with van der Waals surface area (Å²) in [5.74, 6) is -0.0239. The maximum absolute atomic E-state index is 11.4. The number of aliphatic hydroxyl groups excluding tert-OH is 1. The molecule has 1 aliphatic rings. The molecule has 0 bridgehead atoms. The first kappa shape index (κ1) is 13.9. The Morgan fingerprint density at radius 3 is 2.12 bits per heavy atom. The van der Waals surface area contributed by atoms with Crippen LogP contribution in [-0.4, -0.2) is 55.2 Å². The third kappa shape index (κ3) is 2.96. The normalized spacial score (nSPS) is 31.9. The molecule has 96 valence electrons. The minimum absolute atomic E-state index is 0.0703. The Hall–Kier alpha value is -0.130. The topological polar surface area (TPSA) is 57.6 Å². The maximum Gasteiger partial charge on any atom is 0.154 e. The van der Waals surface area contributed by atoms with Crippen molar-refractivity contribution < 1.29 is 13.5 Å². The highest BCUT2D eigenvalue weighted by Crippen LogP contribution is 2.27. The molecule has 16 heavy (non-hydrogen) atoms. The van der Waals surface area contributed by atoms with Crippen LogP contribution in [0.1, 0.15) is 27.7 Å². The fourth-order valence-corrected chi connectivity index (χ4v) is 3.95. The molecule has 5 heteroatoms. The summed E-state index contributed by atoms with van der Waals surface area (Å²) in [6, 6.07) is -0.0420. The second-order valence-corrected chi connectivity index (χ2v) is 8.07. The van der Waals surface area contributed by atoms with Crippen LogP contribution in [0.5, 0.6) is 0 Å². The molecule has 0 saturated carbocycles.